The SMILES string of the molecule is CSc1ccc(-c2cc(C)ncn2)cn1. The Morgan fingerprint density at radius 3 is 2.60 bits per heavy atom. The van der Waals surface area contributed by atoms with Gasteiger partial charge in [0.2, 0.25) is 0 Å². The van der Waals surface area contributed by atoms with E-state index in [4.69, 9.17) is 0 Å². The largest absolute Gasteiger partial charge is 0.249 e. The number of rotatable bonds is 2. The van der Waals surface area contributed by atoms with Crippen LogP contribution >= 0.6 is 11.8 Å². The molecule has 0 saturated heterocycles. The van der Waals surface area contributed by atoms with E-state index in [1.165, 1.54) is 0 Å². The van der Waals surface area contributed by atoms with E-state index in [0.717, 1.165) is 22.0 Å². The third-order valence-corrected chi connectivity index (χ3v) is 2.70. The predicted octanol–water partition coefficient (Wildman–Crippen LogP) is 2.57. The molecule has 0 aliphatic rings. The third kappa shape index (κ3) is 2.33. The predicted molar refractivity (Wildman–Crippen MR) is 61.8 cm³/mol. The molecule has 0 radical (unpaired) electrons. The summed E-state index contributed by atoms with van der Waals surface area (Å²) in [6, 6.07) is 5.98. The van der Waals surface area contributed by atoms with Crippen LogP contribution < -0.4 is 0 Å². The number of nitrogens with zero attached hydrogens (tertiary/aromatic N) is 3. The van der Waals surface area contributed by atoms with Gasteiger partial charge >= 0.3 is 0 Å². The summed E-state index contributed by atoms with van der Waals surface area (Å²) in [5.74, 6) is 0. The highest BCUT2D eigenvalue weighted by Gasteiger charge is 2.00. The van der Waals surface area contributed by atoms with Crippen LogP contribution in [0.3, 0.4) is 0 Å². The first-order chi connectivity index (χ1) is 7.29. The van der Waals surface area contributed by atoms with Crippen LogP contribution in [0.1, 0.15) is 5.69 Å². The van der Waals surface area contributed by atoms with Crippen molar-refractivity contribution in [3.63, 3.8) is 0 Å². The van der Waals surface area contributed by atoms with E-state index in [0.29, 0.717) is 0 Å². The van der Waals surface area contributed by atoms with Gasteiger partial charge in [0.25, 0.3) is 0 Å². The molecule has 4 heteroatoms. The Morgan fingerprint density at radius 2 is 2.00 bits per heavy atom. The zero-order valence-electron chi connectivity index (χ0n) is 8.64. The fraction of sp³-hybridized carbons (Fsp3) is 0.182. The van der Waals surface area contributed by atoms with Crippen LogP contribution in [0.15, 0.2) is 35.7 Å². The maximum Gasteiger partial charge on any atom is 0.116 e. The first-order valence-corrected chi connectivity index (χ1v) is 5.81. The van der Waals surface area contributed by atoms with Crippen molar-refractivity contribution >= 4 is 11.8 Å². The van der Waals surface area contributed by atoms with E-state index in [1.807, 2.05) is 37.6 Å². The normalized spacial score (nSPS) is 10.3. The van der Waals surface area contributed by atoms with Crippen LogP contribution in [0.4, 0.5) is 0 Å². The fourth-order valence-corrected chi connectivity index (χ4v) is 1.63. The first-order valence-electron chi connectivity index (χ1n) is 4.58. The molecule has 0 aromatic carbocycles. The van der Waals surface area contributed by atoms with Crippen LogP contribution in [-0.2, 0) is 0 Å². The highest BCUT2D eigenvalue weighted by Crippen LogP contribution is 2.18. The maximum absolute atomic E-state index is 4.31. The van der Waals surface area contributed by atoms with Crippen molar-refractivity contribution in [1.29, 1.82) is 0 Å². The Bertz CT molecular complexity index is 454. The third-order valence-electron chi connectivity index (χ3n) is 2.05. The summed E-state index contributed by atoms with van der Waals surface area (Å²) >= 11 is 1.63. The number of aryl methyl sites for hydroxylation is 1. The molecular weight excluding hydrogens is 206 g/mol. The molecule has 2 rings (SSSR count). The molecule has 76 valence electrons. The standard InChI is InChI=1S/C11H11N3S/c1-8-5-10(14-7-13-8)9-3-4-11(15-2)12-6-9/h3-7H,1-2H3. The Morgan fingerprint density at radius 1 is 1.13 bits per heavy atom. The Balaban J connectivity index is 2.37. The van der Waals surface area contributed by atoms with E-state index >= 15 is 0 Å². The van der Waals surface area contributed by atoms with E-state index < -0.39 is 0 Å². The number of thioether (sulfide) groups is 1. The van der Waals surface area contributed by atoms with E-state index in [2.05, 4.69) is 15.0 Å². The lowest BCUT2D eigenvalue weighted by atomic mass is 10.2. The van der Waals surface area contributed by atoms with Gasteiger partial charge in [0.05, 0.1) is 10.7 Å². The Hall–Kier alpha value is -1.42. The second-order valence-electron chi connectivity index (χ2n) is 3.13. The molecule has 0 aliphatic heterocycles. The minimum absolute atomic E-state index is 0.919. The van der Waals surface area contributed by atoms with Gasteiger partial charge in [-0.05, 0) is 31.4 Å². The van der Waals surface area contributed by atoms with Gasteiger partial charge in [-0.25, -0.2) is 15.0 Å². The van der Waals surface area contributed by atoms with Gasteiger partial charge in [0.1, 0.15) is 6.33 Å². The van der Waals surface area contributed by atoms with Crippen molar-refractivity contribution in [1.82, 2.24) is 15.0 Å². The summed E-state index contributed by atoms with van der Waals surface area (Å²) in [6.45, 7) is 1.95. The van der Waals surface area contributed by atoms with Crippen LogP contribution in [0.25, 0.3) is 11.3 Å². The lowest BCUT2D eigenvalue weighted by Gasteiger charge is -2.01. The van der Waals surface area contributed by atoms with Crippen molar-refractivity contribution < 1.29 is 0 Å². The molecule has 0 amide bonds. The van der Waals surface area contributed by atoms with Crippen LogP contribution in [0.2, 0.25) is 0 Å². The Kier molecular flexibility index (Phi) is 2.97. The topological polar surface area (TPSA) is 38.7 Å². The molecule has 0 bridgehead atoms. The first kappa shape index (κ1) is 10.1. The highest BCUT2D eigenvalue weighted by molar-refractivity contribution is 7.98. The molecular formula is C11H11N3S. The van der Waals surface area contributed by atoms with Gasteiger partial charge in [-0.3, -0.25) is 0 Å². The van der Waals surface area contributed by atoms with Crippen molar-refractivity contribution in [3.8, 4) is 11.3 Å². The quantitative estimate of drug-likeness (QED) is 0.725. The van der Waals surface area contributed by atoms with Crippen LogP contribution in [-0.4, -0.2) is 21.2 Å². The molecule has 15 heavy (non-hydrogen) atoms. The number of aromatic nitrogens is 3. The molecule has 2 aromatic rings. The Labute approximate surface area is 93.0 Å². The summed E-state index contributed by atoms with van der Waals surface area (Å²) in [7, 11) is 0. The summed E-state index contributed by atoms with van der Waals surface area (Å²) in [4.78, 5) is 12.6. The maximum atomic E-state index is 4.31. The van der Waals surface area contributed by atoms with Gasteiger partial charge in [0, 0.05) is 17.5 Å². The molecule has 0 N–H and O–H groups in total. The van der Waals surface area contributed by atoms with Gasteiger partial charge in [-0.15, -0.1) is 11.8 Å². The second-order valence-corrected chi connectivity index (χ2v) is 3.96. The van der Waals surface area contributed by atoms with Gasteiger partial charge in [-0.2, -0.15) is 0 Å². The summed E-state index contributed by atoms with van der Waals surface area (Å²) in [5, 5.41) is 1.02. The number of hydrogen-bond donors (Lipinski definition) is 0. The molecule has 0 unspecified atom stereocenters. The minimum atomic E-state index is 0.919. The van der Waals surface area contributed by atoms with E-state index in [9.17, 15) is 0 Å². The average Bonchev–Trinajstić information content (AvgIpc) is 2.29. The highest BCUT2D eigenvalue weighted by atomic mass is 32.2. The number of pyridine rings is 1. The smallest absolute Gasteiger partial charge is 0.116 e. The zero-order chi connectivity index (χ0) is 10.7. The molecule has 0 aliphatic carbocycles. The summed E-state index contributed by atoms with van der Waals surface area (Å²) in [6.07, 6.45) is 5.43. The van der Waals surface area contributed by atoms with E-state index in [-0.39, 0.29) is 0 Å². The van der Waals surface area contributed by atoms with E-state index in [1.54, 1.807) is 18.1 Å². The summed E-state index contributed by atoms with van der Waals surface area (Å²) < 4.78 is 0. The molecule has 0 fully saturated rings. The second kappa shape index (κ2) is 4.40. The minimum Gasteiger partial charge on any atom is -0.249 e. The molecule has 0 spiro atoms. The molecule has 3 nitrogen and oxygen atoms in total. The monoisotopic (exact) mass is 217 g/mol. The van der Waals surface area contributed by atoms with Gasteiger partial charge in [0.15, 0.2) is 0 Å². The van der Waals surface area contributed by atoms with Gasteiger partial charge < -0.3 is 0 Å². The molecule has 0 saturated carbocycles. The van der Waals surface area contributed by atoms with Crippen LogP contribution in [0, 0.1) is 6.92 Å². The van der Waals surface area contributed by atoms with Crippen molar-refractivity contribution in [2.24, 2.45) is 0 Å². The number of hydrogen-bond acceptors (Lipinski definition) is 4. The molecule has 2 heterocycles. The fourth-order valence-electron chi connectivity index (χ4n) is 1.26. The molecule has 2 aromatic heterocycles. The van der Waals surface area contributed by atoms with Crippen molar-refractivity contribution in [2.45, 2.75) is 11.9 Å². The van der Waals surface area contributed by atoms with Crippen molar-refractivity contribution in [2.75, 3.05) is 6.26 Å². The summed E-state index contributed by atoms with van der Waals surface area (Å²) in [5.41, 5.74) is 2.91. The lowest BCUT2D eigenvalue weighted by Crippen LogP contribution is -1.89. The van der Waals surface area contributed by atoms with Crippen LogP contribution in [0.5, 0.6) is 0 Å². The average molecular weight is 217 g/mol. The molecule has 0 atom stereocenters. The van der Waals surface area contributed by atoms with Crippen molar-refractivity contribution in [3.05, 3.63) is 36.4 Å². The van der Waals surface area contributed by atoms with Gasteiger partial charge in [-0.1, -0.05) is 0 Å². The lowest BCUT2D eigenvalue weighted by molar-refractivity contribution is 1.09. The zero-order valence-corrected chi connectivity index (χ0v) is 9.45.